The van der Waals surface area contributed by atoms with Crippen LogP contribution in [0, 0.1) is 12.7 Å². The summed E-state index contributed by atoms with van der Waals surface area (Å²) in [5.74, 6) is -0.609. The molecule has 3 rings (SSSR count). The summed E-state index contributed by atoms with van der Waals surface area (Å²) in [5, 5.41) is 4.62. The van der Waals surface area contributed by atoms with E-state index in [1.807, 2.05) is 6.07 Å². The summed E-state index contributed by atoms with van der Waals surface area (Å²) in [6.07, 6.45) is 1.64. The molecule has 116 valence electrons. The van der Waals surface area contributed by atoms with Crippen LogP contribution in [0.15, 0.2) is 54.0 Å². The third kappa shape index (κ3) is 3.43. The van der Waals surface area contributed by atoms with Gasteiger partial charge in [0.05, 0.1) is 23.0 Å². The number of aryl methyl sites for hydroxylation is 1. The van der Waals surface area contributed by atoms with Gasteiger partial charge in [0.15, 0.2) is 0 Å². The minimum atomic E-state index is -0.529. The number of hydrogen-bond donors (Lipinski definition) is 1. The Balaban J connectivity index is 1.96. The Hall–Kier alpha value is -2.60. The molecule has 1 aromatic carbocycles. The van der Waals surface area contributed by atoms with E-state index in [-0.39, 0.29) is 11.7 Å². The Morgan fingerprint density at radius 2 is 2.13 bits per heavy atom. The van der Waals surface area contributed by atoms with Crippen molar-refractivity contribution in [1.82, 2.24) is 14.7 Å². The number of halogens is 1. The van der Waals surface area contributed by atoms with E-state index in [2.05, 4.69) is 14.7 Å². The lowest BCUT2D eigenvalue weighted by molar-refractivity contribution is 0.0942. The molecule has 0 saturated carbocycles. The third-order valence-corrected chi connectivity index (χ3v) is 4.16. The van der Waals surface area contributed by atoms with Gasteiger partial charge in [-0.3, -0.25) is 9.78 Å². The van der Waals surface area contributed by atoms with Crippen molar-refractivity contribution in [3.05, 3.63) is 82.4 Å². The zero-order valence-electron chi connectivity index (χ0n) is 12.4. The lowest BCUT2D eigenvalue weighted by Gasteiger charge is -2.19. The fourth-order valence-corrected chi connectivity index (χ4v) is 2.97. The van der Waals surface area contributed by atoms with Crippen LogP contribution in [0.4, 0.5) is 4.39 Å². The van der Waals surface area contributed by atoms with Crippen LogP contribution in [0.2, 0.25) is 0 Å². The SMILES string of the molecule is Cc1nscc1C(=O)N[C@H](c1cccc(F)c1)c1ccccn1. The number of carbonyl (C=O) groups is 1. The highest BCUT2D eigenvalue weighted by Gasteiger charge is 2.21. The van der Waals surface area contributed by atoms with Gasteiger partial charge in [-0.2, -0.15) is 4.37 Å². The Labute approximate surface area is 137 Å². The Kier molecular flexibility index (Phi) is 4.43. The van der Waals surface area contributed by atoms with Gasteiger partial charge in [-0.15, -0.1) is 0 Å². The molecule has 23 heavy (non-hydrogen) atoms. The van der Waals surface area contributed by atoms with Crippen molar-refractivity contribution in [3.63, 3.8) is 0 Å². The van der Waals surface area contributed by atoms with Crippen molar-refractivity contribution in [2.45, 2.75) is 13.0 Å². The van der Waals surface area contributed by atoms with E-state index in [1.165, 1.54) is 23.7 Å². The highest BCUT2D eigenvalue weighted by Crippen LogP contribution is 2.22. The van der Waals surface area contributed by atoms with Crippen LogP contribution in [0.5, 0.6) is 0 Å². The molecule has 0 aliphatic carbocycles. The summed E-state index contributed by atoms with van der Waals surface area (Å²) in [7, 11) is 0. The number of hydrogen-bond acceptors (Lipinski definition) is 4. The first-order chi connectivity index (χ1) is 11.1. The summed E-state index contributed by atoms with van der Waals surface area (Å²) in [4.78, 5) is 16.8. The molecule has 0 fully saturated rings. The largest absolute Gasteiger partial charge is 0.339 e. The van der Waals surface area contributed by atoms with Gasteiger partial charge in [0, 0.05) is 11.6 Å². The molecular formula is C17H14FN3OS. The van der Waals surface area contributed by atoms with E-state index in [4.69, 9.17) is 0 Å². The Bertz CT molecular complexity index is 819. The van der Waals surface area contributed by atoms with Crippen LogP contribution >= 0.6 is 11.5 Å². The molecule has 3 aromatic rings. The molecule has 6 heteroatoms. The van der Waals surface area contributed by atoms with E-state index < -0.39 is 6.04 Å². The normalized spacial score (nSPS) is 11.9. The summed E-state index contributed by atoms with van der Waals surface area (Å²) in [5.41, 5.74) is 2.48. The first-order valence-corrected chi connectivity index (χ1v) is 7.87. The number of nitrogens with zero attached hydrogens (tertiary/aromatic N) is 2. The van der Waals surface area contributed by atoms with Gasteiger partial charge >= 0.3 is 0 Å². The maximum Gasteiger partial charge on any atom is 0.254 e. The van der Waals surface area contributed by atoms with E-state index in [0.29, 0.717) is 22.5 Å². The fourth-order valence-electron chi connectivity index (χ4n) is 2.28. The van der Waals surface area contributed by atoms with E-state index in [1.54, 1.807) is 42.8 Å². The van der Waals surface area contributed by atoms with Gasteiger partial charge in [0.25, 0.3) is 5.91 Å². The summed E-state index contributed by atoms with van der Waals surface area (Å²) in [6.45, 7) is 1.78. The highest BCUT2D eigenvalue weighted by atomic mass is 32.1. The average molecular weight is 327 g/mol. The predicted octanol–water partition coefficient (Wildman–Crippen LogP) is 3.51. The minimum Gasteiger partial charge on any atom is -0.339 e. The van der Waals surface area contributed by atoms with Crippen molar-refractivity contribution < 1.29 is 9.18 Å². The first kappa shape index (κ1) is 15.3. The van der Waals surface area contributed by atoms with E-state index in [9.17, 15) is 9.18 Å². The summed E-state index contributed by atoms with van der Waals surface area (Å²) >= 11 is 1.23. The number of carbonyl (C=O) groups excluding carboxylic acids is 1. The van der Waals surface area contributed by atoms with Crippen LogP contribution in [0.1, 0.15) is 33.4 Å². The molecule has 0 aliphatic rings. The lowest BCUT2D eigenvalue weighted by atomic mass is 10.0. The van der Waals surface area contributed by atoms with Crippen LogP contribution < -0.4 is 5.32 Å². The van der Waals surface area contributed by atoms with E-state index >= 15 is 0 Å². The molecule has 2 heterocycles. The minimum absolute atomic E-state index is 0.254. The predicted molar refractivity (Wildman–Crippen MR) is 86.8 cm³/mol. The lowest BCUT2D eigenvalue weighted by Crippen LogP contribution is -2.30. The molecule has 0 saturated heterocycles. The van der Waals surface area contributed by atoms with E-state index in [0.717, 1.165) is 0 Å². The average Bonchev–Trinajstić information content (AvgIpc) is 2.99. The molecule has 1 N–H and O–H groups in total. The first-order valence-electron chi connectivity index (χ1n) is 7.03. The molecule has 0 radical (unpaired) electrons. The maximum absolute atomic E-state index is 13.6. The second kappa shape index (κ2) is 6.66. The van der Waals surface area contributed by atoms with Crippen LogP contribution in [0.3, 0.4) is 0 Å². The van der Waals surface area contributed by atoms with Gasteiger partial charge < -0.3 is 5.32 Å². The standard InChI is InChI=1S/C17H14FN3OS/c1-11-14(10-23-21-11)17(22)20-16(15-7-2-3-8-19-15)12-5-4-6-13(18)9-12/h2-10,16H,1H3,(H,20,22)/t16-/m1/s1. The van der Waals surface area contributed by atoms with Gasteiger partial charge in [-0.05, 0) is 48.3 Å². The number of benzene rings is 1. The van der Waals surface area contributed by atoms with Crippen molar-refractivity contribution in [3.8, 4) is 0 Å². The van der Waals surface area contributed by atoms with Crippen molar-refractivity contribution >= 4 is 17.4 Å². The Morgan fingerprint density at radius 3 is 2.78 bits per heavy atom. The van der Waals surface area contributed by atoms with Gasteiger partial charge in [-0.1, -0.05) is 18.2 Å². The number of rotatable bonds is 4. The van der Waals surface area contributed by atoms with Crippen LogP contribution in [-0.4, -0.2) is 15.3 Å². The molecule has 0 aliphatic heterocycles. The van der Waals surface area contributed by atoms with Crippen molar-refractivity contribution in [1.29, 1.82) is 0 Å². The monoisotopic (exact) mass is 327 g/mol. The van der Waals surface area contributed by atoms with Crippen LogP contribution in [0.25, 0.3) is 0 Å². The number of aromatic nitrogens is 2. The maximum atomic E-state index is 13.6. The van der Waals surface area contributed by atoms with Crippen molar-refractivity contribution in [2.24, 2.45) is 0 Å². The molecule has 0 unspecified atom stereocenters. The topological polar surface area (TPSA) is 54.9 Å². The molecule has 1 amide bonds. The van der Waals surface area contributed by atoms with Crippen molar-refractivity contribution in [2.75, 3.05) is 0 Å². The van der Waals surface area contributed by atoms with Gasteiger partial charge in [-0.25, -0.2) is 4.39 Å². The highest BCUT2D eigenvalue weighted by molar-refractivity contribution is 7.03. The fraction of sp³-hybridized carbons (Fsp3) is 0.118. The van der Waals surface area contributed by atoms with Gasteiger partial charge in [0.1, 0.15) is 5.82 Å². The molecular weight excluding hydrogens is 313 g/mol. The number of pyridine rings is 1. The number of amides is 1. The molecule has 0 bridgehead atoms. The number of nitrogens with one attached hydrogen (secondary N) is 1. The second-order valence-corrected chi connectivity index (χ2v) is 5.66. The van der Waals surface area contributed by atoms with Crippen LogP contribution in [-0.2, 0) is 0 Å². The molecule has 1 atom stereocenters. The zero-order chi connectivity index (χ0) is 16.2. The smallest absolute Gasteiger partial charge is 0.254 e. The Morgan fingerprint density at radius 1 is 1.26 bits per heavy atom. The zero-order valence-corrected chi connectivity index (χ0v) is 13.2. The molecule has 0 spiro atoms. The quantitative estimate of drug-likeness (QED) is 0.798. The molecule has 2 aromatic heterocycles. The second-order valence-electron chi connectivity index (χ2n) is 5.03. The summed E-state index contributed by atoms with van der Waals surface area (Å²) < 4.78 is 17.7. The summed E-state index contributed by atoms with van der Waals surface area (Å²) in [6, 6.07) is 11.0. The third-order valence-electron chi connectivity index (χ3n) is 3.44. The molecule has 4 nitrogen and oxygen atoms in total. The van der Waals surface area contributed by atoms with Gasteiger partial charge in [0.2, 0.25) is 0 Å².